The van der Waals surface area contributed by atoms with Crippen molar-refractivity contribution < 1.29 is 14.6 Å². The molecule has 0 atom stereocenters. The fourth-order valence-corrected chi connectivity index (χ4v) is 1.72. The number of nitrogens with one attached hydrogen (secondary N) is 1. The fraction of sp³-hybridized carbons (Fsp3) is 0.462. The largest absolute Gasteiger partial charge is 0.478 e. The standard InChI is InChI=1S/C13H18ClNO3/c1-9(2)8-18-7-6-15-11-5-3-4-10(14)12(11)13(16)17/h3-5,9,15H,6-8H2,1-2H3,(H,16,17). The number of ether oxygens (including phenoxy) is 1. The van der Waals surface area contributed by atoms with Gasteiger partial charge in [0.25, 0.3) is 0 Å². The molecule has 0 saturated heterocycles. The summed E-state index contributed by atoms with van der Waals surface area (Å²) < 4.78 is 5.40. The topological polar surface area (TPSA) is 58.6 Å². The molecule has 0 radical (unpaired) electrons. The molecule has 100 valence electrons. The van der Waals surface area contributed by atoms with Crippen molar-refractivity contribution in [2.45, 2.75) is 13.8 Å². The van der Waals surface area contributed by atoms with Crippen LogP contribution < -0.4 is 5.32 Å². The lowest BCUT2D eigenvalue weighted by molar-refractivity contribution is 0.0698. The van der Waals surface area contributed by atoms with E-state index in [-0.39, 0.29) is 10.6 Å². The fourth-order valence-electron chi connectivity index (χ4n) is 1.47. The van der Waals surface area contributed by atoms with Crippen molar-refractivity contribution in [2.75, 3.05) is 25.1 Å². The van der Waals surface area contributed by atoms with Gasteiger partial charge in [0, 0.05) is 13.2 Å². The van der Waals surface area contributed by atoms with Crippen LogP contribution in [0.3, 0.4) is 0 Å². The Morgan fingerprint density at radius 2 is 2.22 bits per heavy atom. The molecule has 0 spiro atoms. The van der Waals surface area contributed by atoms with Gasteiger partial charge in [-0.15, -0.1) is 0 Å². The van der Waals surface area contributed by atoms with Crippen LogP contribution in [0.4, 0.5) is 5.69 Å². The zero-order valence-corrected chi connectivity index (χ0v) is 11.3. The molecule has 4 nitrogen and oxygen atoms in total. The number of hydrogen-bond donors (Lipinski definition) is 2. The molecule has 0 aromatic heterocycles. The molecule has 5 heteroatoms. The molecule has 1 aromatic carbocycles. The van der Waals surface area contributed by atoms with Crippen molar-refractivity contribution in [3.05, 3.63) is 28.8 Å². The van der Waals surface area contributed by atoms with Gasteiger partial charge in [-0.3, -0.25) is 0 Å². The Morgan fingerprint density at radius 1 is 1.50 bits per heavy atom. The van der Waals surface area contributed by atoms with Gasteiger partial charge in [-0.25, -0.2) is 4.79 Å². The maximum Gasteiger partial charge on any atom is 0.339 e. The Bertz CT molecular complexity index is 407. The summed E-state index contributed by atoms with van der Waals surface area (Å²) in [4.78, 5) is 11.1. The highest BCUT2D eigenvalue weighted by Crippen LogP contribution is 2.24. The first-order valence-electron chi connectivity index (χ1n) is 5.85. The number of carboxylic acids is 1. The van der Waals surface area contributed by atoms with Gasteiger partial charge < -0.3 is 15.2 Å². The normalized spacial score (nSPS) is 10.7. The van der Waals surface area contributed by atoms with Gasteiger partial charge in [-0.1, -0.05) is 31.5 Å². The highest BCUT2D eigenvalue weighted by molar-refractivity contribution is 6.34. The lowest BCUT2D eigenvalue weighted by atomic mass is 10.2. The van der Waals surface area contributed by atoms with Gasteiger partial charge in [0.2, 0.25) is 0 Å². The summed E-state index contributed by atoms with van der Waals surface area (Å²) in [7, 11) is 0. The SMILES string of the molecule is CC(C)COCCNc1cccc(Cl)c1C(=O)O. The molecule has 0 aliphatic heterocycles. The zero-order chi connectivity index (χ0) is 13.5. The van der Waals surface area contributed by atoms with Gasteiger partial charge in [0.1, 0.15) is 5.56 Å². The smallest absolute Gasteiger partial charge is 0.339 e. The molecule has 2 N–H and O–H groups in total. The van der Waals surface area contributed by atoms with E-state index in [1.54, 1.807) is 18.2 Å². The second-order valence-electron chi connectivity index (χ2n) is 4.36. The van der Waals surface area contributed by atoms with Gasteiger partial charge >= 0.3 is 5.97 Å². The Balaban J connectivity index is 2.52. The van der Waals surface area contributed by atoms with E-state index < -0.39 is 5.97 Å². The van der Waals surface area contributed by atoms with Gasteiger partial charge in [0.15, 0.2) is 0 Å². The Labute approximate surface area is 112 Å². The van der Waals surface area contributed by atoms with E-state index in [0.29, 0.717) is 31.4 Å². The summed E-state index contributed by atoms with van der Waals surface area (Å²) in [5, 5.41) is 12.3. The first-order valence-corrected chi connectivity index (χ1v) is 6.23. The highest BCUT2D eigenvalue weighted by atomic mass is 35.5. The zero-order valence-electron chi connectivity index (χ0n) is 10.6. The summed E-state index contributed by atoms with van der Waals surface area (Å²) in [5.74, 6) is -0.544. The number of aromatic carboxylic acids is 1. The average Bonchev–Trinajstić information content (AvgIpc) is 2.27. The van der Waals surface area contributed by atoms with E-state index >= 15 is 0 Å². The quantitative estimate of drug-likeness (QED) is 0.748. The van der Waals surface area contributed by atoms with Crippen molar-refractivity contribution in [3.63, 3.8) is 0 Å². The number of benzene rings is 1. The lowest BCUT2D eigenvalue weighted by Crippen LogP contribution is -2.14. The molecule has 0 aliphatic rings. The number of hydrogen-bond acceptors (Lipinski definition) is 3. The van der Waals surface area contributed by atoms with Gasteiger partial charge in [0.05, 0.1) is 17.3 Å². The van der Waals surface area contributed by atoms with E-state index in [4.69, 9.17) is 21.4 Å². The van der Waals surface area contributed by atoms with Crippen LogP contribution in [0.2, 0.25) is 5.02 Å². The molecule has 0 saturated carbocycles. The first kappa shape index (κ1) is 14.8. The first-order chi connectivity index (χ1) is 8.52. The monoisotopic (exact) mass is 271 g/mol. The van der Waals surface area contributed by atoms with Gasteiger partial charge in [-0.05, 0) is 18.1 Å². The molecule has 18 heavy (non-hydrogen) atoms. The highest BCUT2D eigenvalue weighted by Gasteiger charge is 2.13. The average molecular weight is 272 g/mol. The second-order valence-corrected chi connectivity index (χ2v) is 4.77. The summed E-state index contributed by atoms with van der Waals surface area (Å²) in [6.45, 7) is 5.93. The maximum absolute atomic E-state index is 11.1. The lowest BCUT2D eigenvalue weighted by Gasteiger charge is -2.11. The number of carboxylic acid groups (broad SMARTS) is 1. The predicted octanol–water partition coefficient (Wildman–Crippen LogP) is 3.12. The Kier molecular flexibility index (Phi) is 5.95. The van der Waals surface area contributed by atoms with Crippen LogP contribution in [-0.4, -0.2) is 30.8 Å². The molecule has 0 amide bonds. The molecule has 1 rings (SSSR count). The Hall–Kier alpha value is -1.26. The molecule has 0 bridgehead atoms. The van der Waals surface area contributed by atoms with Crippen molar-refractivity contribution in [3.8, 4) is 0 Å². The number of halogens is 1. The molecular weight excluding hydrogens is 254 g/mol. The van der Waals surface area contributed by atoms with Crippen LogP contribution in [0.5, 0.6) is 0 Å². The van der Waals surface area contributed by atoms with E-state index in [1.807, 2.05) is 0 Å². The van der Waals surface area contributed by atoms with Crippen LogP contribution in [0.1, 0.15) is 24.2 Å². The number of carbonyl (C=O) groups is 1. The van der Waals surface area contributed by atoms with E-state index in [1.165, 1.54) is 0 Å². The molecular formula is C13H18ClNO3. The minimum Gasteiger partial charge on any atom is -0.478 e. The van der Waals surface area contributed by atoms with Crippen LogP contribution in [0.25, 0.3) is 0 Å². The van der Waals surface area contributed by atoms with Crippen LogP contribution in [0.15, 0.2) is 18.2 Å². The summed E-state index contributed by atoms with van der Waals surface area (Å²) >= 11 is 5.85. The van der Waals surface area contributed by atoms with E-state index in [2.05, 4.69) is 19.2 Å². The van der Waals surface area contributed by atoms with Crippen molar-refractivity contribution in [2.24, 2.45) is 5.92 Å². The summed E-state index contributed by atoms with van der Waals surface area (Å²) in [6.07, 6.45) is 0. The third-order valence-electron chi connectivity index (χ3n) is 2.24. The van der Waals surface area contributed by atoms with Gasteiger partial charge in [-0.2, -0.15) is 0 Å². The Morgan fingerprint density at radius 3 is 2.83 bits per heavy atom. The predicted molar refractivity (Wildman–Crippen MR) is 72.6 cm³/mol. The van der Waals surface area contributed by atoms with Crippen molar-refractivity contribution >= 4 is 23.3 Å². The third-order valence-corrected chi connectivity index (χ3v) is 2.56. The molecule has 0 unspecified atom stereocenters. The van der Waals surface area contributed by atoms with E-state index in [0.717, 1.165) is 0 Å². The number of rotatable bonds is 7. The molecule has 0 heterocycles. The minimum atomic E-state index is -1.04. The van der Waals surface area contributed by atoms with Crippen molar-refractivity contribution in [1.29, 1.82) is 0 Å². The van der Waals surface area contributed by atoms with Crippen LogP contribution >= 0.6 is 11.6 Å². The molecule has 1 aromatic rings. The minimum absolute atomic E-state index is 0.100. The summed E-state index contributed by atoms with van der Waals surface area (Å²) in [5.41, 5.74) is 0.617. The van der Waals surface area contributed by atoms with Crippen LogP contribution in [0, 0.1) is 5.92 Å². The van der Waals surface area contributed by atoms with Crippen LogP contribution in [-0.2, 0) is 4.74 Å². The number of anilines is 1. The third kappa shape index (κ3) is 4.55. The second kappa shape index (κ2) is 7.24. The van der Waals surface area contributed by atoms with E-state index in [9.17, 15) is 4.79 Å². The summed E-state index contributed by atoms with van der Waals surface area (Å²) in [6, 6.07) is 4.97. The maximum atomic E-state index is 11.1. The van der Waals surface area contributed by atoms with Crippen molar-refractivity contribution in [1.82, 2.24) is 0 Å². The molecule has 0 fully saturated rings. The molecule has 0 aliphatic carbocycles.